The molecule has 1 aliphatic rings. The Hall–Kier alpha value is -1.51. The summed E-state index contributed by atoms with van der Waals surface area (Å²) in [7, 11) is 0. The number of phenols is 1. The van der Waals surface area contributed by atoms with Crippen molar-refractivity contribution in [3.8, 4) is 5.75 Å². The number of aryl methyl sites for hydroxylation is 1. The maximum absolute atomic E-state index is 12.1. The molecule has 0 aliphatic heterocycles. The number of rotatable bonds is 3. The monoisotopic (exact) mass is 233 g/mol. The summed E-state index contributed by atoms with van der Waals surface area (Å²) < 4.78 is 0. The summed E-state index contributed by atoms with van der Waals surface area (Å²) in [6.07, 6.45) is 2.35. The van der Waals surface area contributed by atoms with Crippen LogP contribution in [0, 0.1) is 12.8 Å². The van der Waals surface area contributed by atoms with Gasteiger partial charge in [0.15, 0.2) is 0 Å². The molecule has 1 amide bonds. The molecule has 92 valence electrons. The molecule has 1 saturated carbocycles. The van der Waals surface area contributed by atoms with Crippen molar-refractivity contribution in [1.29, 1.82) is 0 Å². The lowest BCUT2D eigenvalue weighted by Gasteiger charge is -2.26. The van der Waals surface area contributed by atoms with Crippen molar-refractivity contribution in [2.75, 3.05) is 0 Å². The summed E-state index contributed by atoms with van der Waals surface area (Å²) in [4.78, 5) is 12.1. The van der Waals surface area contributed by atoms with E-state index in [1.165, 1.54) is 12.8 Å². The van der Waals surface area contributed by atoms with Crippen molar-refractivity contribution < 1.29 is 9.90 Å². The molecule has 3 heteroatoms. The lowest BCUT2D eigenvalue weighted by molar-refractivity contribution is 0.0900. The van der Waals surface area contributed by atoms with Crippen molar-refractivity contribution in [3.63, 3.8) is 0 Å². The van der Waals surface area contributed by atoms with Crippen LogP contribution in [0.2, 0.25) is 0 Å². The SMILES string of the molecule is Cc1ccc(O)c(C(=O)NC(C)(C)C2CC2)c1. The lowest BCUT2D eigenvalue weighted by atomic mass is 9.98. The maximum Gasteiger partial charge on any atom is 0.255 e. The highest BCUT2D eigenvalue weighted by atomic mass is 16.3. The first-order chi connectivity index (χ1) is 7.90. The number of aromatic hydroxyl groups is 1. The van der Waals surface area contributed by atoms with Crippen LogP contribution in [0.5, 0.6) is 5.75 Å². The van der Waals surface area contributed by atoms with E-state index in [-0.39, 0.29) is 17.2 Å². The third-order valence-electron chi connectivity index (χ3n) is 3.43. The molecule has 0 atom stereocenters. The number of nitrogens with one attached hydrogen (secondary N) is 1. The van der Waals surface area contributed by atoms with Gasteiger partial charge in [0.25, 0.3) is 5.91 Å². The fraction of sp³-hybridized carbons (Fsp3) is 0.500. The first-order valence-corrected chi connectivity index (χ1v) is 6.02. The second kappa shape index (κ2) is 4.06. The van der Waals surface area contributed by atoms with Crippen LogP contribution in [0.4, 0.5) is 0 Å². The van der Waals surface area contributed by atoms with Crippen molar-refractivity contribution in [2.24, 2.45) is 5.92 Å². The van der Waals surface area contributed by atoms with Crippen molar-refractivity contribution in [3.05, 3.63) is 29.3 Å². The van der Waals surface area contributed by atoms with Crippen molar-refractivity contribution in [1.82, 2.24) is 5.32 Å². The lowest BCUT2D eigenvalue weighted by Crippen LogP contribution is -2.45. The standard InChI is InChI=1S/C14H19NO2/c1-9-4-7-12(16)11(8-9)13(17)15-14(2,3)10-5-6-10/h4,7-8,10,16H,5-6H2,1-3H3,(H,15,17). The summed E-state index contributed by atoms with van der Waals surface area (Å²) in [6, 6.07) is 5.07. The van der Waals surface area contributed by atoms with Gasteiger partial charge in [-0.1, -0.05) is 11.6 Å². The number of amides is 1. The third-order valence-corrected chi connectivity index (χ3v) is 3.43. The number of hydrogen-bond donors (Lipinski definition) is 2. The van der Waals surface area contributed by atoms with Gasteiger partial charge in [0.2, 0.25) is 0 Å². The minimum absolute atomic E-state index is 0.0414. The molecule has 1 aromatic rings. The molecule has 0 radical (unpaired) electrons. The van der Waals surface area contributed by atoms with Gasteiger partial charge in [-0.05, 0) is 51.7 Å². The van der Waals surface area contributed by atoms with Crippen LogP contribution >= 0.6 is 0 Å². The average molecular weight is 233 g/mol. The number of carbonyl (C=O) groups is 1. The summed E-state index contributed by atoms with van der Waals surface area (Å²) in [5.74, 6) is 0.418. The molecular weight excluding hydrogens is 214 g/mol. The molecule has 0 heterocycles. The van der Waals surface area contributed by atoms with Crippen LogP contribution in [0.1, 0.15) is 42.6 Å². The fourth-order valence-electron chi connectivity index (χ4n) is 2.10. The Labute approximate surface area is 102 Å². The minimum Gasteiger partial charge on any atom is -0.507 e. The van der Waals surface area contributed by atoms with Gasteiger partial charge in [-0.2, -0.15) is 0 Å². The molecule has 0 bridgehead atoms. The highest BCUT2D eigenvalue weighted by molar-refractivity contribution is 5.97. The Morgan fingerprint density at radius 1 is 1.41 bits per heavy atom. The normalized spacial score (nSPS) is 15.7. The quantitative estimate of drug-likeness (QED) is 0.843. The second-order valence-corrected chi connectivity index (χ2v) is 5.47. The van der Waals surface area contributed by atoms with Gasteiger partial charge in [-0.15, -0.1) is 0 Å². The van der Waals surface area contributed by atoms with Crippen LogP contribution in [0.25, 0.3) is 0 Å². The molecular formula is C14H19NO2. The molecule has 0 saturated heterocycles. The zero-order chi connectivity index (χ0) is 12.6. The van der Waals surface area contributed by atoms with Gasteiger partial charge in [-0.3, -0.25) is 4.79 Å². The van der Waals surface area contributed by atoms with Gasteiger partial charge < -0.3 is 10.4 Å². The molecule has 2 rings (SSSR count). The van der Waals surface area contributed by atoms with Crippen LogP contribution in [0.15, 0.2) is 18.2 Å². The van der Waals surface area contributed by atoms with Crippen LogP contribution in [0.3, 0.4) is 0 Å². The second-order valence-electron chi connectivity index (χ2n) is 5.47. The van der Waals surface area contributed by atoms with Crippen LogP contribution in [-0.2, 0) is 0 Å². The number of phenolic OH excluding ortho intramolecular Hbond substituents is 1. The van der Waals surface area contributed by atoms with Crippen LogP contribution < -0.4 is 5.32 Å². The first-order valence-electron chi connectivity index (χ1n) is 6.02. The minimum atomic E-state index is -0.192. The van der Waals surface area contributed by atoms with E-state index in [4.69, 9.17) is 0 Å². The van der Waals surface area contributed by atoms with Gasteiger partial charge in [0, 0.05) is 5.54 Å². The zero-order valence-electron chi connectivity index (χ0n) is 10.6. The van der Waals surface area contributed by atoms with Gasteiger partial charge >= 0.3 is 0 Å². The van der Waals surface area contributed by atoms with E-state index in [2.05, 4.69) is 5.32 Å². The largest absolute Gasteiger partial charge is 0.507 e. The van der Waals surface area contributed by atoms with E-state index in [0.29, 0.717) is 11.5 Å². The Balaban J connectivity index is 2.16. The van der Waals surface area contributed by atoms with E-state index in [9.17, 15) is 9.90 Å². The topological polar surface area (TPSA) is 49.3 Å². The highest BCUT2D eigenvalue weighted by Gasteiger charge is 2.39. The number of carbonyl (C=O) groups excluding carboxylic acids is 1. The van der Waals surface area contributed by atoms with Crippen molar-refractivity contribution in [2.45, 2.75) is 39.2 Å². The van der Waals surface area contributed by atoms with Gasteiger partial charge in [0.1, 0.15) is 5.75 Å². The number of hydrogen-bond acceptors (Lipinski definition) is 2. The smallest absolute Gasteiger partial charge is 0.255 e. The van der Waals surface area contributed by atoms with E-state index in [1.807, 2.05) is 20.8 Å². The Morgan fingerprint density at radius 2 is 2.06 bits per heavy atom. The molecule has 2 N–H and O–H groups in total. The summed E-state index contributed by atoms with van der Waals surface area (Å²) in [5, 5.41) is 12.7. The Kier molecular flexibility index (Phi) is 2.86. The Morgan fingerprint density at radius 3 is 2.65 bits per heavy atom. The first kappa shape index (κ1) is 12.0. The maximum atomic E-state index is 12.1. The molecule has 1 fully saturated rings. The third kappa shape index (κ3) is 2.60. The average Bonchev–Trinajstić information content (AvgIpc) is 3.04. The van der Waals surface area contributed by atoms with Crippen molar-refractivity contribution >= 4 is 5.91 Å². The molecule has 3 nitrogen and oxygen atoms in total. The molecule has 1 aliphatic carbocycles. The molecule has 0 spiro atoms. The molecule has 17 heavy (non-hydrogen) atoms. The predicted molar refractivity (Wildman–Crippen MR) is 67.1 cm³/mol. The van der Waals surface area contributed by atoms with E-state index in [0.717, 1.165) is 5.56 Å². The van der Waals surface area contributed by atoms with E-state index < -0.39 is 0 Å². The predicted octanol–water partition coefficient (Wildman–Crippen LogP) is 2.62. The summed E-state index contributed by atoms with van der Waals surface area (Å²) in [5.41, 5.74) is 1.14. The molecule has 0 unspecified atom stereocenters. The molecule has 0 aromatic heterocycles. The van der Waals surface area contributed by atoms with E-state index in [1.54, 1.807) is 18.2 Å². The summed E-state index contributed by atoms with van der Waals surface area (Å²) in [6.45, 7) is 5.98. The number of benzene rings is 1. The van der Waals surface area contributed by atoms with Gasteiger partial charge in [-0.25, -0.2) is 0 Å². The van der Waals surface area contributed by atoms with Crippen LogP contribution in [-0.4, -0.2) is 16.6 Å². The van der Waals surface area contributed by atoms with Gasteiger partial charge in [0.05, 0.1) is 5.56 Å². The highest BCUT2D eigenvalue weighted by Crippen LogP contribution is 2.39. The zero-order valence-corrected chi connectivity index (χ0v) is 10.6. The summed E-state index contributed by atoms with van der Waals surface area (Å²) >= 11 is 0. The molecule has 1 aromatic carbocycles. The Bertz CT molecular complexity index is 448. The van der Waals surface area contributed by atoms with E-state index >= 15 is 0 Å². The fourth-order valence-corrected chi connectivity index (χ4v) is 2.10.